The fourth-order valence-corrected chi connectivity index (χ4v) is 2.78. The number of hydrogen-bond donors (Lipinski definition) is 1. The van der Waals surface area contributed by atoms with E-state index in [1.54, 1.807) is 66.9 Å². The highest BCUT2D eigenvalue weighted by atomic mass is 19.1. The van der Waals surface area contributed by atoms with Gasteiger partial charge in [-0.15, -0.1) is 0 Å². The zero-order valence-corrected chi connectivity index (χ0v) is 16.5. The summed E-state index contributed by atoms with van der Waals surface area (Å²) in [7, 11) is 0. The maximum Gasteiger partial charge on any atom is 0.253 e. The second-order valence-corrected chi connectivity index (χ2v) is 6.64. The van der Waals surface area contributed by atoms with Crippen LogP contribution in [-0.4, -0.2) is 10.9 Å². The van der Waals surface area contributed by atoms with Crippen LogP contribution in [0, 0.1) is 5.82 Å². The van der Waals surface area contributed by atoms with Crippen molar-refractivity contribution in [3.05, 3.63) is 108 Å². The quantitative estimate of drug-likeness (QED) is 0.430. The van der Waals surface area contributed by atoms with E-state index in [2.05, 4.69) is 10.3 Å². The van der Waals surface area contributed by atoms with Crippen molar-refractivity contribution in [3.8, 4) is 17.4 Å². The molecule has 0 spiro atoms. The van der Waals surface area contributed by atoms with E-state index < -0.39 is 0 Å². The van der Waals surface area contributed by atoms with E-state index in [0.29, 0.717) is 35.2 Å². The highest BCUT2D eigenvalue weighted by molar-refractivity contribution is 5.93. The summed E-state index contributed by atoms with van der Waals surface area (Å²) in [5, 5.41) is 2.76. The second-order valence-electron chi connectivity index (χ2n) is 6.64. The number of ether oxygens (including phenoxy) is 2. The standard InChI is InChI=1S/C24H19FN2O4/c25-19-4-1-3-17(13-19)16-30-20-7-9-21(10-8-20)31-23-11-6-18(14-26-23)24(28)27-15-22-5-2-12-29-22/h1-14H,15-16H2,(H,27,28). The first-order chi connectivity index (χ1) is 15.2. The summed E-state index contributed by atoms with van der Waals surface area (Å²) in [6.07, 6.45) is 3.00. The lowest BCUT2D eigenvalue weighted by molar-refractivity contribution is 0.0947. The van der Waals surface area contributed by atoms with E-state index in [4.69, 9.17) is 13.9 Å². The van der Waals surface area contributed by atoms with Crippen molar-refractivity contribution in [2.24, 2.45) is 0 Å². The van der Waals surface area contributed by atoms with Gasteiger partial charge in [-0.3, -0.25) is 4.79 Å². The van der Waals surface area contributed by atoms with Crippen LogP contribution in [0.15, 0.2) is 89.7 Å². The molecule has 0 atom stereocenters. The van der Waals surface area contributed by atoms with Crippen LogP contribution in [0.2, 0.25) is 0 Å². The number of hydrogen-bond acceptors (Lipinski definition) is 5. The number of nitrogens with zero attached hydrogens (tertiary/aromatic N) is 1. The molecule has 7 heteroatoms. The third kappa shape index (κ3) is 5.70. The monoisotopic (exact) mass is 418 g/mol. The maximum absolute atomic E-state index is 13.2. The van der Waals surface area contributed by atoms with Crippen LogP contribution in [0.3, 0.4) is 0 Å². The lowest BCUT2D eigenvalue weighted by Gasteiger charge is -2.09. The van der Waals surface area contributed by atoms with Crippen molar-refractivity contribution >= 4 is 5.91 Å². The van der Waals surface area contributed by atoms with E-state index in [1.165, 1.54) is 18.3 Å². The van der Waals surface area contributed by atoms with Crippen molar-refractivity contribution in [1.82, 2.24) is 10.3 Å². The van der Waals surface area contributed by atoms with E-state index >= 15 is 0 Å². The zero-order chi connectivity index (χ0) is 21.5. The topological polar surface area (TPSA) is 73.6 Å². The molecule has 156 valence electrons. The van der Waals surface area contributed by atoms with Crippen LogP contribution in [0.5, 0.6) is 17.4 Å². The van der Waals surface area contributed by atoms with Gasteiger partial charge >= 0.3 is 0 Å². The maximum atomic E-state index is 13.2. The molecule has 0 radical (unpaired) electrons. The lowest BCUT2D eigenvalue weighted by Crippen LogP contribution is -2.22. The lowest BCUT2D eigenvalue weighted by atomic mass is 10.2. The normalized spacial score (nSPS) is 10.5. The summed E-state index contributed by atoms with van der Waals surface area (Å²) in [5.74, 6) is 1.68. The Bertz CT molecular complexity index is 1130. The van der Waals surface area contributed by atoms with Gasteiger partial charge in [-0.05, 0) is 60.2 Å². The van der Waals surface area contributed by atoms with Gasteiger partial charge in [0.15, 0.2) is 0 Å². The minimum absolute atomic E-state index is 0.254. The number of pyridine rings is 1. The second kappa shape index (κ2) is 9.58. The molecule has 0 aliphatic heterocycles. The predicted molar refractivity (Wildman–Crippen MR) is 111 cm³/mol. The molecule has 0 unspecified atom stereocenters. The highest BCUT2D eigenvalue weighted by Crippen LogP contribution is 2.23. The molecule has 4 rings (SSSR count). The molecular formula is C24H19FN2O4. The average Bonchev–Trinajstić information content (AvgIpc) is 3.31. The van der Waals surface area contributed by atoms with Gasteiger partial charge in [-0.25, -0.2) is 9.37 Å². The van der Waals surface area contributed by atoms with Crippen molar-refractivity contribution in [1.29, 1.82) is 0 Å². The average molecular weight is 418 g/mol. The molecule has 4 aromatic rings. The predicted octanol–water partition coefficient (Wildman–Crippen LogP) is 5.12. The minimum Gasteiger partial charge on any atom is -0.489 e. The number of rotatable bonds is 8. The Labute approximate surface area is 178 Å². The smallest absolute Gasteiger partial charge is 0.253 e. The van der Waals surface area contributed by atoms with Gasteiger partial charge in [0.05, 0.1) is 18.4 Å². The van der Waals surface area contributed by atoms with Gasteiger partial charge in [0.2, 0.25) is 5.88 Å². The molecule has 2 heterocycles. The molecule has 0 bridgehead atoms. The van der Waals surface area contributed by atoms with E-state index in [9.17, 15) is 9.18 Å². The summed E-state index contributed by atoms with van der Waals surface area (Å²) in [6.45, 7) is 0.570. The van der Waals surface area contributed by atoms with Gasteiger partial charge in [0, 0.05) is 12.3 Å². The Kier molecular flexibility index (Phi) is 6.23. The molecule has 2 aromatic heterocycles. The number of benzene rings is 2. The number of halogens is 1. The van der Waals surface area contributed by atoms with Gasteiger partial charge in [-0.1, -0.05) is 12.1 Å². The van der Waals surface area contributed by atoms with Gasteiger partial charge in [0.1, 0.15) is 29.7 Å². The fraction of sp³-hybridized carbons (Fsp3) is 0.0833. The molecule has 0 fully saturated rings. The minimum atomic E-state index is -0.293. The van der Waals surface area contributed by atoms with Crippen molar-refractivity contribution in [2.45, 2.75) is 13.2 Å². The Morgan fingerprint density at radius 2 is 1.84 bits per heavy atom. The van der Waals surface area contributed by atoms with Crippen LogP contribution in [0.25, 0.3) is 0 Å². The van der Waals surface area contributed by atoms with Gasteiger partial charge in [0.25, 0.3) is 5.91 Å². The Morgan fingerprint density at radius 3 is 2.55 bits per heavy atom. The van der Waals surface area contributed by atoms with Crippen molar-refractivity contribution in [2.75, 3.05) is 0 Å². The first kappa shape index (κ1) is 20.2. The van der Waals surface area contributed by atoms with Crippen LogP contribution >= 0.6 is 0 Å². The van der Waals surface area contributed by atoms with Crippen molar-refractivity contribution < 1.29 is 23.1 Å². The number of furan rings is 1. The Morgan fingerprint density at radius 1 is 1.00 bits per heavy atom. The summed E-state index contributed by atoms with van der Waals surface area (Å²) in [5.41, 5.74) is 1.16. The first-order valence-electron chi connectivity index (χ1n) is 9.57. The molecular weight excluding hydrogens is 399 g/mol. The molecule has 6 nitrogen and oxygen atoms in total. The van der Waals surface area contributed by atoms with E-state index in [0.717, 1.165) is 5.56 Å². The van der Waals surface area contributed by atoms with Crippen LogP contribution < -0.4 is 14.8 Å². The first-order valence-corrected chi connectivity index (χ1v) is 9.57. The van der Waals surface area contributed by atoms with Crippen LogP contribution in [0.1, 0.15) is 21.7 Å². The molecule has 0 aliphatic carbocycles. The summed E-state index contributed by atoms with van der Waals surface area (Å²) >= 11 is 0. The van der Waals surface area contributed by atoms with E-state index in [1.807, 2.05) is 0 Å². The molecule has 2 aromatic carbocycles. The summed E-state index contributed by atoms with van der Waals surface area (Å²) < 4.78 is 29.8. The molecule has 0 saturated heterocycles. The molecule has 1 N–H and O–H groups in total. The molecule has 31 heavy (non-hydrogen) atoms. The molecule has 0 saturated carbocycles. The summed E-state index contributed by atoms with van der Waals surface area (Å²) in [6, 6.07) is 20.1. The zero-order valence-electron chi connectivity index (χ0n) is 16.5. The number of carbonyl (C=O) groups excluding carboxylic acids is 1. The van der Waals surface area contributed by atoms with Crippen molar-refractivity contribution in [3.63, 3.8) is 0 Å². The van der Waals surface area contributed by atoms with E-state index in [-0.39, 0.29) is 18.3 Å². The Balaban J connectivity index is 1.29. The SMILES string of the molecule is O=C(NCc1ccco1)c1ccc(Oc2ccc(OCc3cccc(F)c3)cc2)nc1. The molecule has 1 amide bonds. The van der Waals surface area contributed by atoms with Crippen LogP contribution in [-0.2, 0) is 13.2 Å². The highest BCUT2D eigenvalue weighted by Gasteiger charge is 2.08. The largest absolute Gasteiger partial charge is 0.489 e. The fourth-order valence-electron chi connectivity index (χ4n) is 2.78. The number of carbonyl (C=O) groups is 1. The number of amides is 1. The van der Waals surface area contributed by atoms with Gasteiger partial charge < -0.3 is 19.2 Å². The van der Waals surface area contributed by atoms with Crippen LogP contribution in [0.4, 0.5) is 4.39 Å². The molecule has 0 aliphatic rings. The van der Waals surface area contributed by atoms with Gasteiger partial charge in [-0.2, -0.15) is 0 Å². The Hall–Kier alpha value is -4.13. The third-order valence-electron chi connectivity index (χ3n) is 4.34. The number of aromatic nitrogens is 1. The number of nitrogens with one attached hydrogen (secondary N) is 1. The third-order valence-corrected chi connectivity index (χ3v) is 4.34. The summed E-state index contributed by atoms with van der Waals surface area (Å²) in [4.78, 5) is 16.3.